The van der Waals surface area contributed by atoms with Gasteiger partial charge in [-0.2, -0.15) is 5.26 Å². The minimum absolute atomic E-state index is 0.302. The highest BCUT2D eigenvalue weighted by Gasteiger charge is 2.15. The molecule has 1 aliphatic carbocycles. The largest absolute Gasteiger partial charge is 0.361 e. The molecule has 3 rings (SSSR count). The Labute approximate surface area is 105 Å². The van der Waals surface area contributed by atoms with Gasteiger partial charge in [-0.05, 0) is 30.2 Å². The minimum atomic E-state index is 0.302. The molecule has 0 aliphatic heterocycles. The maximum Gasteiger partial charge on any atom is 0.137 e. The van der Waals surface area contributed by atoms with Gasteiger partial charge in [0.2, 0.25) is 0 Å². The fourth-order valence-electron chi connectivity index (χ4n) is 2.42. The molecule has 88 valence electrons. The van der Waals surface area contributed by atoms with Crippen LogP contribution in [0.2, 0.25) is 0 Å². The Kier molecular flexibility index (Phi) is 2.49. The van der Waals surface area contributed by atoms with Crippen LogP contribution in [-0.4, -0.2) is 10.8 Å². The van der Waals surface area contributed by atoms with Crippen LogP contribution in [0.15, 0.2) is 30.5 Å². The van der Waals surface area contributed by atoms with Gasteiger partial charge >= 0.3 is 0 Å². The van der Waals surface area contributed by atoms with E-state index in [1.54, 1.807) is 6.07 Å². The molecular weight excluding hydrogens is 224 g/mol. The predicted octanol–water partition coefficient (Wildman–Crippen LogP) is 3.18. The number of allylic oxidation sites excluding steroid dienone is 2. The van der Waals surface area contributed by atoms with Gasteiger partial charge in [0.05, 0.1) is 11.6 Å². The Morgan fingerprint density at radius 2 is 2.17 bits per heavy atom. The molecule has 0 spiro atoms. The van der Waals surface area contributed by atoms with E-state index in [-0.39, 0.29) is 0 Å². The van der Waals surface area contributed by atoms with Gasteiger partial charge in [0.15, 0.2) is 0 Å². The van der Waals surface area contributed by atoms with Gasteiger partial charge in [-0.3, -0.25) is 4.79 Å². The summed E-state index contributed by atoms with van der Waals surface area (Å²) in [5, 5.41) is 10.0. The maximum absolute atomic E-state index is 11.2. The van der Waals surface area contributed by atoms with Crippen LogP contribution in [0, 0.1) is 11.3 Å². The number of benzene rings is 1. The van der Waals surface area contributed by atoms with Crippen LogP contribution in [0.25, 0.3) is 16.5 Å². The zero-order chi connectivity index (χ0) is 12.5. The van der Waals surface area contributed by atoms with Crippen molar-refractivity contribution in [2.75, 3.05) is 0 Å². The van der Waals surface area contributed by atoms with E-state index in [1.807, 2.05) is 24.4 Å². The second-order valence-electron chi connectivity index (χ2n) is 4.55. The summed E-state index contributed by atoms with van der Waals surface area (Å²) < 4.78 is 0. The van der Waals surface area contributed by atoms with E-state index in [1.165, 1.54) is 5.57 Å². The van der Waals surface area contributed by atoms with E-state index in [2.05, 4.69) is 11.1 Å². The molecule has 0 unspecified atom stereocenters. The molecule has 0 amide bonds. The number of Topliss-reactive ketones (excluding diaryl/α,β-unsaturated/α-hetero) is 1. The Bertz CT molecular complexity index is 701. The molecular formula is C15H12N2O. The number of rotatable bonds is 1. The molecule has 1 N–H and O–H groups in total. The smallest absolute Gasteiger partial charge is 0.137 e. The van der Waals surface area contributed by atoms with Crippen LogP contribution in [0.1, 0.15) is 30.4 Å². The van der Waals surface area contributed by atoms with Crippen molar-refractivity contribution in [3.05, 3.63) is 41.6 Å². The monoisotopic (exact) mass is 236 g/mol. The van der Waals surface area contributed by atoms with Crippen LogP contribution in [0.5, 0.6) is 0 Å². The first-order valence-corrected chi connectivity index (χ1v) is 6.00. The highest BCUT2D eigenvalue weighted by molar-refractivity contribution is 5.96. The summed E-state index contributed by atoms with van der Waals surface area (Å²) in [4.78, 5) is 14.5. The molecule has 1 aromatic carbocycles. The third-order valence-electron chi connectivity index (χ3n) is 3.41. The van der Waals surface area contributed by atoms with Crippen molar-refractivity contribution in [1.29, 1.82) is 5.26 Å². The van der Waals surface area contributed by atoms with E-state index in [4.69, 9.17) is 5.26 Å². The number of aromatic nitrogens is 1. The number of nitrogens with zero attached hydrogens (tertiary/aromatic N) is 1. The van der Waals surface area contributed by atoms with Crippen LogP contribution >= 0.6 is 0 Å². The fourth-order valence-corrected chi connectivity index (χ4v) is 2.42. The molecule has 18 heavy (non-hydrogen) atoms. The molecule has 2 aromatic rings. The van der Waals surface area contributed by atoms with Gasteiger partial charge in [-0.25, -0.2) is 0 Å². The second kappa shape index (κ2) is 4.15. The van der Waals surface area contributed by atoms with Gasteiger partial charge < -0.3 is 4.98 Å². The van der Waals surface area contributed by atoms with Crippen LogP contribution in [0.4, 0.5) is 0 Å². The number of nitriles is 1. The molecule has 0 fully saturated rings. The standard InChI is InChI=1S/C15H12N2O/c16-8-10-1-6-15-13(7-10)14(9-17-15)11-2-4-12(18)5-3-11/h1-2,6-7,9,17H,3-5H2. The van der Waals surface area contributed by atoms with E-state index < -0.39 is 0 Å². The zero-order valence-electron chi connectivity index (χ0n) is 9.86. The first-order chi connectivity index (χ1) is 8.78. The van der Waals surface area contributed by atoms with Gasteiger partial charge in [0.25, 0.3) is 0 Å². The van der Waals surface area contributed by atoms with Crippen molar-refractivity contribution < 1.29 is 4.79 Å². The lowest BCUT2D eigenvalue weighted by Crippen LogP contribution is -2.02. The number of H-pyrrole nitrogens is 1. The number of hydrogen-bond acceptors (Lipinski definition) is 2. The lowest BCUT2D eigenvalue weighted by atomic mass is 9.92. The van der Waals surface area contributed by atoms with Crippen molar-refractivity contribution in [3.8, 4) is 6.07 Å². The summed E-state index contributed by atoms with van der Waals surface area (Å²) in [7, 11) is 0. The predicted molar refractivity (Wildman–Crippen MR) is 69.8 cm³/mol. The summed E-state index contributed by atoms with van der Waals surface area (Å²) in [6.07, 6.45) is 5.92. The maximum atomic E-state index is 11.2. The van der Waals surface area contributed by atoms with Crippen molar-refractivity contribution >= 4 is 22.3 Å². The van der Waals surface area contributed by atoms with Crippen molar-refractivity contribution in [2.45, 2.75) is 19.3 Å². The number of nitrogens with one attached hydrogen (secondary N) is 1. The second-order valence-corrected chi connectivity index (χ2v) is 4.55. The Hall–Kier alpha value is -2.34. The molecule has 1 aliphatic rings. The molecule has 1 aromatic heterocycles. The third-order valence-corrected chi connectivity index (χ3v) is 3.41. The lowest BCUT2D eigenvalue weighted by molar-refractivity contribution is -0.118. The lowest BCUT2D eigenvalue weighted by Gasteiger charge is -2.11. The Balaban J connectivity index is 2.12. The van der Waals surface area contributed by atoms with E-state index in [0.29, 0.717) is 24.2 Å². The SMILES string of the molecule is N#Cc1ccc2[nH]cc(C3=CCC(=O)CC3)c2c1. The first kappa shape index (κ1) is 10.8. The molecule has 0 radical (unpaired) electrons. The van der Waals surface area contributed by atoms with Crippen molar-refractivity contribution in [1.82, 2.24) is 4.98 Å². The highest BCUT2D eigenvalue weighted by Crippen LogP contribution is 2.31. The van der Waals surface area contributed by atoms with E-state index >= 15 is 0 Å². The Morgan fingerprint density at radius 3 is 2.89 bits per heavy atom. The number of fused-ring (bicyclic) bond motifs is 1. The quantitative estimate of drug-likeness (QED) is 0.826. The summed E-state index contributed by atoms with van der Waals surface area (Å²) in [5.74, 6) is 0.302. The average Bonchev–Trinajstić information content (AvgIpc) is 2.82. The van der Waals surface area contributed by atoms with Gasteiger partial charge in [-0.15, -0.1) is 0 Å². The number of carbonyl (C=O) groups excluding carboxylic acids is 1. The zero-order valence-corrected chi connectivity index (χ0v) is 9.86. The molecule has 0 saturated heterocycles. The molecule has 0 atom stereocenters. The normalized spacial score (nSPS) is 15.5. The number of hydrogen-bond donors (Lipinski definition) is 1. The number of carbonyl (C=O) groups is 1. The molecule has 3 heteroatoms. The van der Waals surface area contributed by atoms with E-state index in [0.717, 1.165) is 22.9 Å². The highest BCUT2D eigenvalue weighted by atomic mass is 16.1. The summed E-state index contributed by atoms with van der Waals surface area (Å²) >= 11 is 0. The van der Waals surface area contributed by atoms with Gasteiger partial charge in [0.1, 0.15) is 5.78 Å². The topological polar surface area (TPSA) is 56.6 Å². The average molecular weight is 236 g/mol. The molecule has 1 heterocycles. The van der Waals surface area contributed by atoms with Crippen molar-refractivity contribution in [2.24, 2.45) is 0 Å². The third kappa shape index (κ3) is 1.72. The van der Waals surface area contributed by atoms with Gasteiger partial charge in [-0.1, -0.05) is 6.08 Å². The van der Waals surface area contributed by atoms with Gasteiger partial charge in [0, 0.05) is 35.5 Å². The van der Waals surface area contributed by atoms with Crippen LogP contribution in [-0.2, 0) is 4.79 Å². The Morgan fingerprint density at radius 1 is 1.28 bits per heavy atom. The number of ketones is 1. The summed E-state index contributed by atoms with van der Waals surface area (Å²) in [5.41, 5.74) is 4.02. The molecule has 0 saturated carbocycles. The van der Waals surface area contributed by atoms with E-state index in [9.17, 15) is 4.79 Å². The molecule has 0 bridgehead atoms. The summed E-state index contributed by atoms with van der Waals surface area (Å²) in [6, 6.07) is 7.79. The van der Waals surface area contributed by atoms with Crippen LogP contribution < -0.4 is 0 Å². The van der Waals surface area contributed by atoms with Crippen molar-refractivity contribution in [3.63, 3.8) is 0 Å². The minimum Gasteiger partial charge on any atom is -0.361 e. The first-order valence-electron chi connectivity index (χ1n) is 6.00. The molecule has 3 nitrogen and oxygen atoms in total. The number of aromatic amines is 1. The van der Waals surface area contributed by atoms with Crippen LogP contribution in [0.3, 0.4) is 0 Å². The fraction of sp³-hybridized carbons (Fsp3) is 0.200. The summed E-state index contributed by atoms with van der Waals surface area (Å²) in [6.45, 7) is 0.